The second kappa shape index (κ2) is 8.44. The Labute approximate surface area is 136 Å². The van der Waals surface area contributed by atoms with Crippen molar-refractivity contribution in [2.24, 2.45) is 0 Å². The number of nitrogens with one attached hydrogen (secondary N) is 1. The molecule has 0 saturated carbocycles. The Hall–Kier alpha value is -1.20. The number of aliphatic hydroxyl groups excluding tert-OH is 2. The smallest absolute Gasteiger partial charge is 0.106 e. The predicted molar refractivity (Wildman–Crippen MR) is 92.3 cm³/mol. The summed E-state index contributed by atoms with van der Waals surface area (Å²) in [7, 11) is 0. The zero-order valence-corrected chi connectivity index (χ0v) is 14.0. The molecule has 3 atom stereocenters. The minimum Gasteiger partial charge on any atom is -0.395 e. The lowest BCUT2D eigenvalue weighted by atomic mass is 10.0. The maximum Gasteiger partial charge on any atom is 0.106 e. The zero-order chi connectivity index (χ0) is 15.9. The van der Waals surface area contributed by atoms with Crippen molar-refractivity contribution in [3.05, 3.63) is 57.8 Å². The quantitative estimate of drug-likeness (QED) is 0.701. The van der Waals surface area contributed by atoms with Gasteiger partial charge in [-0.15, -0.1) is 11.3 Å². The standard InChI is InChI=1S/C18H25NO2S/c1-13-10-17(22-12-13)18(21)16(11-20)19-14(2)8-9-15-6-4-3-5-7-15/h3-7,10,12,14,16,18-21H,8-9,11H2,1-2H3/t14?,16-,18-/m0/s1. The van der Waals surface area contributed by atoms with E-state index in [1.807, 2.05) is 36.6 Å². The summed E-state index contributed by atoms with van der Waals surface area (Å²) >= 11 is 1.54. The Kier molecular flexibility index (Phi) is 6.58. The van der Waals surface area contributed by atoms with Crippen LogP contribution in [0.5, 0.6) is 0 Å². The van der Waals surface area contributed by atoms with Crippen molar-refractivity contribution >= 4 is 11.3 Å². The van der Waals surface area contributed by atoms with Gasteiger partial charge >= 0.3 is 0 Å². The highest BCUT2D eigenvalue weighted by atomic mass is 32.1. The highest BCUT2D eigenvalue weighted by Gasteiger charge is 2.22. The van der Waals surface area contributed by atoms with Crippen LogP contribution in [0, 0.1) is 6.92 Å². The molecule has 0 fully saturated rings. The summed E-state index contributed by atoms with van der Waals surface area (Å²) in [5.74, 6) is 0. The molecule has 0 aliphatic heterocycles. The minimum atomic E-state index is -0.664. The van der Waals surface area contributed by atoms with Gasteiger partial charge in [0.05, 0.1) is 12.6 Å². The number of aryl methyl sites for hydroxylation is 2. The molecule has 1 aromatic heterocycles. The molecule has 0 amide bonds. The lowest BCUT2D eigenvalue weighted by Gasteiger charge is -2.25. The number of hydrogen-bond acceptors (Lipinski definition) is 4. The number of thiophene rings is 1. The maximum atomic E-state index is 10.4. The van der Waals surface area contributed by atoms with Crippen molar-refractivity contribution in [2.45, 2.75) is 44.9 Å². The van der Waals surface area contributed by atoms with E-state index in [0.29, 0.717) is 0 Å². The lowest BCUT2D eigenvalue weighted by Crippen LogP contribution is -2.43. The Morgan fingerprint density at radius 1 is 1.23 bits per heavy atom. The third-order valence-electron chi connectivity index (χ3n) is 3.83. The van der Waals surface area contributed by atoms with E-state index in [0.717, 1.165) is 23.3 Å². The summed E-state index contributed by atoms with van der Waals surface area (Å²) in [5.41, 5.74) is 2.46. The Balaban J connectivity index is 1.86. The number of benzene rings is 1. The van der Waals surface area contributed by atoms with Gasteiger partial charge in [0.15, 0.2) is 0 Å². The van der Waals surface area contributed by atoms with Crippen LogP contribution >= 0.6 is 11.3 Å². The normalized spacial score (nSPS) is 15.5. The van der Waals surface area contributed by atoms with Crippen LogP contribution in [-0.2, 0) is 6.42 Å². The van der Waals surface area contributed by atoms with Gasteiger partial charge in [-0.25, -0.2) is 0 Å². The van der Waals surface area contributed by atoms with Gasteiger partial charge in [-0.05, 0) is 49.3 Å². The van der Waals surface area contributed by atoms with Crippen molar-refractivity contribution in [3.8, 4) is 0 Å². The minimum absolute atomic E-state index is 0.0756. The SMILES string of the molecule is Cc1csc([C@@H](O)[C@H](CO)NC(C)CCc2ccccc2)c1. The van der Waals surface area contributed by atoms with E-state index in [-0.39, 0.29) is 18.7 Å². The molecular formula is C18H25NO2S. The molecule has 0 spiro atoms. The summed E-state index contributed by atoms with van der Waals surface area (Å²) in [6.07, 6.45) is 1.29. The van der Waals surface area contributed by atoms with Gasteiger partial charge in [-0.1, -0.05) is 30.3 Å². The molecule has 120 valence electrons. The van der Waals surface area contributed by atoms with E-state index in [1.165, 1.54) is 16.9 Å². The predicted octanol–water partition coefficient (Wildman–Crippen LogP) is 3.06. The molecule has 1 heterocycles. The van der Waals surface area contributed by atoms with E-state index in [9.17, 15) is 10.2 Å². The summed E-state index contributed by atoms with van der Waals surface area (Å²) in [5, 5.41) is 25.4. The van der Waals surface area contributed by atoms with Gasteiger partial charge in [-0.2, -0.15) is 0 Å². The van der Waals surface area contributed by atoms with E-state index in [1.54, 1.807) is 0 Å². The van der Waals surface area contributed by atoms with E-state index in [2.05, 4.69) is 24.4 Å². The van der Waals surface area contributed by atoms with E-state index in [4.69, 9.17) is 0 Å². The Morgan fingerprint density at radius 2 is 1.95 bits per heavy atom. The fraction of sp³-hybridized carbons (Fsp3) is 0.444. The first-order valence-electron chi connectivity index (χ1n) is 7.74. The van der Waals surface area contributed by atoms with Crippen LogP contribution in [0.15, 0.2) is 41.8 Å². The summed E-state index contributed by atoms with van der Waals surface area (Å²) in [6, 6.07) is 12.2. The van der Waals surface area contributed by atoms with Crippen LogP contribution in [-0.4, -0.2) is 28.9 Å². The lowest BCUT2D eigenvalue weighted by molar-refractivity contribution is 0.0863. The maximum absolute atomic E-state index is 10.4. The topological polar surface area (TPSA) is 52.5 Å². The molecule has 2 aromatic rings. The van der Waals surface area contributed by atoms with Crippen molar-refractivity contribution in [1.29, 1.82) is 0 Å². The molecule has 3 nitrogen and oxygen atoms in total. The number of rotatable bonds is 8. The molecule has 0 radical (unpaired) electrons. The summed E-state index contributed by atoms with van der Waals surface area (Å²) in [6.45, 7) is 4.03. The van der Waals surface area contributed by atoms with E-state index >= 15 is 0 Å². The van der Waals surface area contributed by atoms with Gasteiger partial charge in [0, 0.05) is 10.9 Å². The molecule has 22 heavy (non-hydrogen) atoms. The first-order chi connectivity index (χ1) is 10.6. The number of hydrogen-bond donors (Lipinski definition) is 3. The molecule has 0 bridgehead atoms. The molecule has 0 aliphatic rings. The Bertz CT molecular complexity index is 555. The third-order valence-corrected chi connectivity index (χ3v) is 4.95. The van der Waals surface area contributed by atoms with Crippen LogP contribution in [0.4, 0.5) is 0 Å². The molecular weight excluding hydrogens is 294 g/mol. The van der Waals surface area contributed by atoms with Gasteiger partial charge in [0.1, 0.15) is 6.10 Å². The van der Waals surface area contributed by atoms with Gasteiger partial charge < -0.3 is 15.5 Å². The van der Waals surface area contributed by atoms with Crippen LogP contribution in [0.1, 0.15) is 35.5 Å². The molecule has 2 rings (SSSR count). The average molecular weight is 319 g/mol. The van der Waals surface area contributed by atoms with Crippen molar-refractivity contribution in [3.63, 3.8) is 0 Å². The highest BCUT2D eigenvalue weighted by Crippen LogP contribution is 2.24. The van der Waals surface area contributed by atoms with Crippen LogP contribution in [0.25, 0.3) is 0 Å². The fourth-order valence-corrected chi connectivity index (χ4v) is 3.47. The third kappa shape index (κ3) is 4.92. The van der Waals surface area contributed by atoms with Crippen LogP contribution in [0.2, 0.25) is 0 Å². The monoisotopic (exact) mass is 319 g/mol. The van der Waals surface area contributed by atoms with E-state index < -0.39 is 6.10 Å². The molecule has 0 saturated heterocycles. The second-order valence-corrected chi connectivity index (χ2v) is 6.80. The van der Waals surface area contributed by atoms with Crippen LogP contribution < -0.4 is 5.32 Å². The molecule has 1 aromatic carbocycles. The average Bonchev–Trinajstić information content (AvgIpc) is 2.97. The first-order valence-corrected chi connectivity index (χ1v) is 8.62. The van der Waals surface area contributed by atoms with Crippen molar-refractivity contribution in [1.82, 2.24) is 5.32 Å². The first kappa shape index (κ1) is 17.2. The van der Waals surface area contributed by atoms with Crippen LogP contribution in [0.3, 0.4) is 0 Å². The molecule has 0 aliphatic carbocycles. The summed E-state index contributed by atoms with van der Waals surface area (Å²) < 4.78 is 0. The van der Waals surface area contributed by atoms with Gasteiger partial charge in [-0.3, -0.25) is 0 Å². The zero-order valence-electron chi connectivity index (χ0n) is 13.2. The second-order valence-electron chi connectivity index (χ2n) is 5.85. The largest absolute Gasteiger partial charge is 0.395 e. The van der Waals surface area contributed by atoms with Crippen molar-refractivity contribution < 1.29 is 10.2 Å². The van der Waals surface area contributed by atoms with Crippen molar-refractivity contribution in [2.75, 3.05) is 6.61 Å². The fourth-order valence-electron chi connectivity index (χ4n) is 2.53. The molecule has 4 heteroatoms. The molecule has 1 unspecified atom stereocenters. The highest BCUT2D eigenvalue weighted by molar-refractivity contribution is 7.10. The van der Waals surface area contributed by atoms with Gasteiger partial charge in [0.25, 0.3) is 0 Å². The molecule has 3 N–H and O–H groups in total. The van der Waals surface area contributed by atoms with Gasteiger partial charge in [0.2, 0.25) is 0 Å². The summed E-state index contributed by atoms with van der Waals surface area (Å²) in [4.78, 5) is 0.902. The Morgan fingerprint density at radius 3 is 2.55 bits per heavy atom. The number of aliphatic hydroxyl groups is 2.